The molecule has 1 saturated carbocycles. The molecule has 2 N–H and O–H groups in total. The number of ether oxygens (including phenoxy) is 3. The van der Waals surface area contributed by atoms with Gasteiger partial charge in [-0.05, 0) is 31.2 Å². The summed E-state index contributed by atoms with van der Waals surface area (Å²) in [5.74, 6) is -0.336. The topological polar surface area (TPSA) is 119 Å². The zero-order valence-electron chi connectivity index (χ0n) is 20.4. The van der Waals surface area contributed by atoms with E-state index in [0.29, 0.717) is 53.1 Å². The number of hydrogen-bond acceptors (Lipinski definition) is 7. The largest absolute Gasteiger partial charge is 0.492 e. The number of aromatic amines is 1. The Labute approximate surface area is 207 Å². The standard InChI is InChI=1S/C25H28FN5O5/c1-34-11-18(32)31-7-6-14(10-31)30-25(33)16-9-27-22-20(28-12-29-21(16)22)15-8-17(26)23(35-2)24(36-3)19(15)13-4-5-13/h8-9,12-14,27H,4-7,10-11H2,1-3H3,(H,30,33)/t14-/m1/s1. The van der Waals surface area contributed by atoms with Crippen LogP contribution in [-0.4, -0.2) is 78.7 Å². The molecule has 1 aliphatic carbocycles. The lowest BCUT2D eigenvalue weighted by Gasteiger charge is -2.17. The molecular formula is C25H28FN5O5. The fraction of sp³-hybridized carbons (Fsp3) is 0.440. The Hall–Kier alpha value is -3.73. The van der Waals surface area contributed by atoms with Crippen LogP contribution >= 0.6 is 0 Å². The molecule has 2 aromatic heterocycles. The first-order valence-corrected chi connectivity index (χ1v) is 11.8. The van der Waals surface area contributed by atoms with Gasteiger partial charge in [-0.2, -0.15) is 0 Å². The second-order valence-corrected chi connectivity index (χ2v) is 9.04. The number of amides is 2. The Morgan fingerprint density at radius 3 is 2.64 bits per heavy atom. The van der Waals surface area contributed by atoms with Crippen molar-refractivity contribution in [1.82, 2.24) is 25.2 Å². The second-order valence-electron chi connectivity index (χ2n) is 9.04. The molecule has 1 atom stereocenters. The number of hydrogen-bond donors (Lipinski definition) is 2. The van der Waals surface area contributed by atoms with Crippen molar-refractivity contribution in [2.45, 2.75) is 31.2 Å². The molecule has 2 aliphatic rings. The van der Waals surface area contributed by atoms with E-state index in [2.05, 4.69) is 20.3 Å². The van der Waals surface area contributed by atoms with Gasteiger partial charge in [-0.3, -0.25) is 9.59 Å². The molecule has 36 heavy (non-hydrogen) atoms. The highest BCUT2D eigenvalue weighted by Gasteiger charge is 2.34. The maximum Gasteiger partial charge on any atom is 0.255 e. The predicted octanol–water partition coefficient (Wildman–Crippen LogP) is 2.64. The molecule has 0 unspecified atom stereocenters. The Bertz CT molecular complexity index is 1320. The molecule has 1 aromatic carbocycles. The van der Waals surface area contributed by atoms with Gasteiger partial charge in [0, 0.05) is 43.6 Å². The van der Waals surface area contributed by atoms with Gasteiger partial charge in [-0.15, -0.1) is 0 Å². The number of carbonyl (C=O) groups is 2. The molecule has 10 nitrogen and oxygen atoms in total. The first kappa shape index (κ1) is 24.0. The summed E-state index contributed by atoms with van der Waals surface area (Å²) in [6.45, 7) is 0.997. The minimum Gasteiger partial charge on any atom is -0.492 e. The predicted molar refractivity (Wildman–Crippen MR) is 129 cm³/mol. The summed E-state index contributed by atoms with van der Waals surface area (Å²) in [6.07, 6.45) is 5.51. The zero-order chi connectivity index (χ0) is 25.4. The summed E-state index contributed by atoms with van der Waals surface area (Å²) >= 11 is 0. The summed E-state index contributed by atoms with van der Waals surface area (Å²) < 4.78 is 30.7. The molecule has 2 amide bonds. The van der Waals surface area contributed by atoms with Gasteiger partial charge in [0.1, 0.15) is 18.5 Å². The summed E-state index contributed by atoms with van der Waals surface area (Å²) in [5.41, 5.74) is 3.21. The minimum absolute atomic E-state index is 0.0163. The van der Waals surface area contributed by atoms with E-state index in [1.54, 1.807) is 11.1 Å². The second kappa shape index (κ2) is 9.73. The number of methoxy groups -OCH3 is 3. The van der Waals surface area contributed by atoms with Crippen LogP contribution in [-0.2, 0) is 9.53 Å². The van der Waals surface area contributed by atoms with Crippen molar-refractivity contribution in [3.8, 4) is 22.8 Å². The molecule has 3 aromatic rings. The van der Waals surface area contributed by atoms with Crippen LogP contribution in [0.25, 0.3) is 22.3 Å². The molecule has 1 saturated heterocycles. The third-order valence-electron chi connectivity index (χ3n) is 6.73. The van der Waals surface area contributed by atoms with Crippen LogP contribution < -0.4 is 14.8 Å². The van der Waals surface area contributed by atoms with Crippen molar-refractivity contribution in [1.29, 1.82) is 0 Å². The van der Waals surface area contributed by atoms with Crippen LogP contribution in [0.1, 0.15) is 41.1 Å². The van der Waals surface area contributed by atoms with E-state index < -0.39 is 5.82 Å². The van der Waals surface area contributed by atoms with Crippen LogP contribution in [0.2, 0.25) is 0 Å². The molecule has 1 aliphatic heterocycles. The molecular weight excluding hydrogens is 469 g/mol. The van der Waals surface area contributed by atoms with E-state index in [0.717, 1.165) is 18.4 Å². The number of halogens is 1. The van der Waals surface area contributed by atoms with Crippen LogP contribution in [0, 0.1) is 5.82 Å². The van der Waals surface area contributed by atoms with Crippen molar-refractivity contribution < 1.29 is 28.2 Å². The normalized spacial score (nSPS) is 17.4. The first-order valence-electron chi connectivity index (χ1n) is 11.8. The van der Waals surface area contributed by atoms with Gasteiger partial charge < -0.3 is 29.4 Å². The number of rotatable bonds is 8. The number of fused-ring (bicyclic) bond motifs is 1. The number of nitrogens with one attached hydrogen (secondary N) is 2. The van der Waals surface area contributed by atoms with Crippen molar-refractivity contribution in [2.24, 2.45) is 0 Å². The molecule has 5 rings (SSSR count). The lowest BCUT2D eigenvalue weighted by molar-refractivity contribution is -0.134. The van der Waals surface area contributed by atoms with Gasteiger partial charge in [0.05, 0.1) is 31.0 Å². The highest BCUT2D eigenvalue weighted by molar-refractivity contribution is 6.08. The molecule has 0 spiro atoms. The van der Waals surface area contributed by atoms with Crippen LogP contribution in [0.15, 0.2) is 18.6 Å². The van der Waals surface area contributed by atoms with Crippen molar-refractivity contribution >= 4 is 22.8 Å². The monoisotopic (exact) mass is 497 g/mol. The Balaban J connectivity index is 1.47. The maximum atomic E-state index is 15.0. The lowest BCUT2D eigenvalue weighted by atomic mass is 9.97. The third-order valence-corrected chi connectivity index (χ3v) is 6.73. The van der Waals surface area contributed by atoms with Crippen molar-refractivity contribution in [3.05, 3.63) is 35.5 Å². The van der Waals surface area contributed by atoms with E-state index in [4.69, 9.17) is 14.2 Å². The quantitative estimate of drug-likeness (QED) is 0.491. The van der Waals surface area contributed by atoms with E-state index in [-0.39, 0.29) is 36.1 Å². The highest BCUT2D eigenvalue weighted by atomic mass is 19.1. The zero-order valence-corrected chi connectivity index (χ0v) is 20.4. The molecule has 2 fully saturated rings. The van der Waals surface area contributed by atoms with E-state index in [9.17, 15) is 14.0 Å². The number of benzene rings is 1. The van der Waals surface area contributed by atoms with Gasteiger partial charge in [0.2, 0.25) is 5.91 Å². The van der Waals surface area contributed by atoms with Gasteiger partial charge in [-0.1, -0.05) is 0 Å². The molecule has 0 radical (unpaired) electrons. The average Bonchev–Trinajstić information content (AvgIpc) is 3.43. The Morgan fingerprint density at radius 2 is 1.94 bits per heavy atom. The van der Waals surface area contributed by atoms with Gasteiger partial charge >= 0.3 is 0 Å². The van der Waals surface area contributed by atoms with E-state index >= 15 is 0 Å². The highest BCUT2D eigenvalue weighted by Crippen LogP contribution is 2.52. The fourth-order valence-electron chi connectivity index (χ4n) is 4.89. The number of likely N-dealkylation sites (tertiary alicyclic amines) is 1. The number of H-pyrrole nitrogens is 1. The van der Waals surface area contributed by atoms with Gasteiger partial charge in [-0.25, -0.2) is 14.4 Å². The van der Waals surface area contributed by atoms with Crippen LogP contribution in [0.4, 0.5) is 4.39 Å². The summed E-state index contributed by atoms with van der Waals surface area (Å²) in [7, 11) is 4.38. The maximum absolute atomic E-state index is 15.0. The molecule has 190 valence electrons. The molecule has 11 heteroatoms. The van der Waals surface area contributed by atoms with E-state index in [1.165, 1.54) is 33.7 Å². The average molecular weight is 498 g/mol. The third kappa shape index (κ3) is 4.23. The molecule has 0 bridgehead atoms. The first-order chi connectivity index (χ1) is 17.5. The van der Waals surface area contributed by atoms with Crippen LogP contribution in [0.5, 0.6) is 11.5 Å². The fourth-order valence-corrected chi connectivity index (χ4v) is 4.89. The smallest absolute Gasteiger partial charge is 0.255 e. The number of nitrogens with zero attached hydrogens (tertiary/aromatic N) is 3. The summed E-state index contributed by atoms with van der Waals surface area (Å²) in [5, 5.41) is 2.99. The summed E-state index contributed by atoms with van der Waals surface area (Å²) in [4.78, 5) is 38.8. The lowest BCUT2D eigenvalue weighted by Crippen LogP contribution is -2.39. The number of aromatic nitrogens is 3. The molecule has 3 heterocycles. The summed E-state index contributed by atoms with van der Waals surface area (Å²) in [6, 6.07) is 1.23. The van der Waals surface area contributed by atoms with Crippen molar-refractivity contribution in [3.63, 3.8) is 0 Å². The van der Waals surface area contributed by atoms with Gasteiger partial charge in [0.25, 0.3) is 5.91 Å². The Kier molecular flexibility index (Phi) is 6.48. The van der Waals surface area contributed by atoms with Crippen LogP contribution in [0.3, 0.4) is 0 Å². The number of carbonyl (C=O) groups excluding carboxylic acids is 2. The minimum atomic E-state index is -0.557. The van der Waals surface area contributed by atoms with E-state index in [1.807, 2.05) is 0 Å². The van der Waals surface area contributed by atoms with Gasteiger partial charge in [0.15, 0.2) is 17.3 Å². The Morgan fingerprint density at radius 1 is 1.17 bits per heavy atom. The SMILES string of the molecule is COCC(=O)N1CC[C@@H](NC(=O)c2c[nH]c3c(-c4cc(F)c(OC)c(OC)c4C4CC4)ncnc23)C1. The van der Waals surface area contributed by atoms with Crippen molar-refractivity contribution in [2.75, 3.05) is 41.0 Å².